The van der Waals surface area contributed by atoms with Crippen molar-refractivity contribution in [2.45, 2.75) is 19.4 Å². The highest BCUT2D eigenvalue weighted by atomic mass is 35.5. The van der Waals surface area contributed by atoms with E-state index in [0.717, 1.165) is 43.5 Å². The zero-order valence-corrected chi connectivity index (χ0v) is 19.4. The lowest BCUT2D eigenvalue weighted by Gasteiger charge is -2.23. The van der Waals surface area contributed by atoms with Gasteiger partial charge in [0.25, 0.3) is 5.84 Å². The third-order valence-electron chi connectivity index (χ3n) is 5.50. The van der Waals surface area contributed by atoms with Crippen LogP contribution in [-0.2, 0) is 25.7 Å². The van der Waals surface area contributed by atoms with Crippen molar-refractivity contribution in [3.8, 4) is 0 Å². The molecule has 0 atom stereocenters. The molecule has 10 nitrogen and oxygen atoms in total. The largest absolute Gasteiger partial charge is 0.381 e. The minimum Gasteiger partial charge on any atom is -0.381 e. The van der Waals surface area contributed by atoms with Gasteiger partial charge in [0.05, 0.1) is 29.2 Å². The monoisotopic (exact) mass is 477 g/mol. The maximum atomic E-state index is 12.5. The number of fused-ring (bicyclic) bond motifs is 1. The number of hydrogen-bond donors (Lipinski definition) is 4. The van der Waals surface area contributed by atoms with Crippen molar-refractivity contribution >= 4 is 46.1 Å². The highest BCUT2D eigenvalue weighted by molar-refractivity contribution is 6.35. The molecular weight excluding hydrogens is 448 g/mol. The minimum atomic E-state index is -0.637. The Kier molecular flexibility index (Phi) is 8.43. The van der Waals surface area contributed by atoms with E-state index in [0.29, 0.717) is 16.5 Å². The number of amidine groups is 1. The topological polar surface area (TPSA) is 147 Å². The van der Waals surface area contributed by atoms with Gasteiger partial charge in [-0.25, -0.2) is 9.79 Å². The summed E-state index contributed by atoms with van der Waals surface area (Å²) in [6.07, 6.45) is 3.88. The van der Waals surface area contributed by atoms with E-state index >= 15 is 0 Å². The molecular formula is C22H30ClN6O4+. The van der Waals surface area contributed by atoms with Crippen molar-refractivity contribution < 1.29 is 24.1 Å². The van der Waals surface area contributed by atoms with Crippen LogP contribution in [0, 0.1) is 5.92 Å². The van der Waals surface area contributed by atoms with E-state index in [1.165, 1.54) is 4.90 Å². The lowest BCUT2D eigenvalue weighted by Crippen LogP contribution is -2.81. The number of hydrogen-bond acceptors (Lipinski definition) is 5. The van der Waals surface area contributed by atoms with Crippen LogP contribution in [0.5, 0.6) is 0 Å². The van der Waals surface area contributed by atoms with Gasteiger partial charge in [0, 0.05) is 31.3 Å². The quantitative estimate of drug-likeness (QED) is 0.257. The Hall–Kier alpha value is -2.95. The molecule has 1 aliphatic rings. The van der Waals surface area contributed by atoms with Crippen LogP contribution in [0.3, 0.4) is 0 Å². The van der Waals surface area contributed by atoms with Gasteiger partial charge in [-0.2, -0.15) is 0 Å². The second-order valence-corrected chi connectivity index (χ2v) is 8.67. The summed E-state index contributed by atoms with van der Waals surface area (Å²) in [5, 5.41) is 3.85. The molecule has 1 fully saturated rings. The predicted octanol–water partition coefficient (Wildman–Crippen LogP) is -1.43. The Labute approximate surface area is 196 Å². The summed E-state index contributed by atoms with van der Waals surface area (Å²) in [5.41, 5.74) is 12.8. The van der Waals surface area contributed by atoms with Crippen molar-refractivity contribution in [2.24, 2.45) is 17.4 Å². The number of benzene rings is 1. The Morgan fingerprint density at radius 2 is 1.97 bits per heavy atom. The van der Waals surface area contributed by atoms with Crippen LogP contribution in [-0.4, -0.2) is 72.9 Å². The van der Waals surface area contributed by atoms with Crippen molar-refractivity contribution in [2.75, 3.05) is 39.9 Å². The van der Waals surface area contributed by atoms with Crippen LogP contribution in [0.1, 0.15) is 18.4 Å². The highest BCUT2D eigenvalue weighted by Gasteiger charge is 2.22. The molecule has 178 valence electrons. The number of nitrogens with two attached hydrogens (primary N) is 2. The van der Waals surface area contributed by atoms with Crippen molar-refractivity contribution in [3.63, 3.8) is 0 Å². The first kappa shape index (κ1) is 24.7. The standard InChI is InChI=1S/C22H29ClN6O4/c1-28(12-19(31)26-9-18(24)30)13-20(32)27-22(25)16-11-29(10-14-5-7-33-8-6-14)21-15(16)3-2-4-17(21)23/h2-4,11,14H,5-10,12-13H2,1H3,(H2,24,30)(H,26,31)(H2,25,27,32)/p+1. The molecule has 0 unspecified atom stereocenters. The van der Waals surface area contributed by atoms with Crippen LogP contribution in [0.25, 0.3) is 10.9 Å². The average Bonchev–Trinajstić information content (AvgIpc) is 3.12. The molecule has 33 heavy (non-hydrogen) atoms. The van der Waals surface area contributed by atoms with E-state index < -0.39 is 11.8 Å². The number of nitrogens with one attached hydrogen (secondary N) is 2. The summed E-state index contributed by atoms with van der Waals surface area (Å²) in [6.45, 7) is 1.91. The SMILES string of the molecule is CN(CC(=O)NCC(N)=O)CC(=O)[NH+]=C(N)c1cn(CC2CCOCC2)c2c(Cl)cccc12. The number of para-hydroxylation sites is 1. The molecule has 0 aliphatic carbocycles. The highest BCUT2D eigenvalue weighted by Crippen LogP contribution is 2.29. The molecule has 2 aromatic rings. The maximum absolute atomic E-state index is 12.5. The van der Waals surface area contributed by atoms with Crippen LogP contribution < -0.4 is 21.8 Å². The summed E-state index contributed by atoms with van der Waals surface area (Å²) in [4.78, 5) is 39.3. The first-order chi connectivity index (χ1) is 15.7. The van der Waals surface area contributed by atoms with E-state index in [2.05, 4.69) is 14.9 Å². The number of rotatable bonds is 9. The molecule has 1 aromatic heterocycles. The Morgan fingerprint density at radius 3 is 2.67 bits per heavy atom. The fraction of sp³-hybridized carbons (Fsp3) is 0.455. The summed E-state index contributed by atoms with van der Waals surface area (Å²) in [5.74, 6) is -0.729. The number of ether oxygens (including phenoxy) is 1. The number of halogens is 1. The zero-order chi connectivity index (χ0) is 24.0. The van der Waals surface area contributed by atoms with Crippen molar-refractivity contribution in [1.29, 1.82) is 0 Å². The zero-order valence-electron chi connectivity index (χ0n) is 18.6. The fourth-order valence-corrected chi connectivity index (χ4v) is 4.21. The van der Waals surface area contributed by atoms with Gasteiger partial charge in [-0.3, -0.25) is 20.2 Å². The van der Waals surface area contributed by atoms with Gasteiger partial charge in [0.2, 0.25) is 11.8 Å². The number of nitrogens with zero attached hydrogens (tertiary/aromatic N) is 2. The molecule has 0 spiro atoms. The van der Waals surface area contributed by atoms with Crippen LogP contribution in [0.2, 0.25) is 5.02 Å². The number of likely N-dealkylation sites (N-methyl/N-ethyl adjacent to an activating group) is 1. The van der Waals surface area contributed by atoms with Gasteiger partial charge in [-0.05, 0) is 31.9 Å². The van der Waals surface area contributed by atoms with E-state index in [4.69, 9.17) is 27.8 Å². The number of carbonyl (C=O) groups is 3. The van der Waals surface area contributed by atoms with Crippen LogP contribution >= 0.6 is 11.6 Å². The number of primary amides is 1. The van der Waals surface area contributed by atoms with E-state index in [9.17, 15) is 14.4 Å². The Morgan fingerprint density at radius 1 is 1.24 bits per heavy atom. The summed E-state index contributed by atoms with van der Waals surface area (Å²) < 4.78 is 7.55. The second kappa shape index (κ2) is 11.3. The number of aromatic nitrogens is 1. The fourth-order valence-electron chi connectivity index (χ4n) is 3.93. The van der Waals surface area contributed by atoms with Crippen LogP contribution in [0.4, 0.5) is 0 Å². The van der Waals surface area contributed by atoms with E-state index in [1.54, 1.807) is 7.05 Å². The minimum absolute atomic E-state index is 0.0633. The maximum Gasteiger partial charge on any atom is 0.321 e. The van der Waals surface area contributed by atoms with Gasteiger partial charge >= 0.3 is 5.91 Å². The molecule has 6 N–H and O–H groups in total. The summed E-state index contributed by atoms with van der Waals surface area (Å²) in [7, 11) is 1.61. The van der Waals surface area contributed by atoms with Crippen LogP contribution in [0.15, 0.2) is 24.4 Å². The van der Waals surface area contributed by atoms with Gasteiger partial charge in [0.1, 0.15) is 6.54 Å². The molecule has 3 rings (SSSR count). The van der Waals surface area contributed by atoms with Crippen molar-refractivity contribution in [1.82, 2.24) is 14.8 Å². The lowest BCUT2D eigenvalue weighted by molar-refractivity contribution is -0.378. The Balaban J connectivity index is 1.73. The lowest BCUT2D eigenvalue weighted by atomic mass is 10.0. The molecule has 0 saturated carbocycles. The normalized spacial score (nSPS) is 15.2. The third kappa shape index (κ3) is 6.77. The van der Waals surface area contributed by atoms with Gasteiger partial charge in [-0.15, -0.1) is 0 Å². The smallest absolute Gasteiger partial charge is 0.321 e. The Bertz CT molecular complexity index is 1060. The molecule has 0 bridgehead atoms. The van der Waals surface area contributed by atoms with E-state index in [1.807, 2.05) is 24.4 Å². The van der Waals surface area contributed by atoms with Gasteiger partial charge < -0.3 is 20.4 Å². The second-order valence-electron chi connectivity index (χ2n) is 8.26. The molecule has 0 radical (unpaired) electrons. The molecule has 2 heterocycles. The number of amides is 3. The molecule has 1 aromatic carbocycles. The molecule has 11 heteroatoms. The predicted molar refractivity (Wildman–Crippen MR) is 124 cm³/mol. The molecule has 1 saturated heterocycles. The van der Waals surface area contributed by atoms with Gasteiger partial charge in [-0.1, -0.05) is 23.7 Å². The number of carbonyl (C=O) groups excluding carboxylic acids is 3. The van der Waals surface area contributed by atoms with Crippen molar-refractivity contribution in [3.05, 3.63) is 35.0 Å². The first-order valence-corrected chi connectivity index (χ1v) is 11.1. The number of nitrogen functional groups attached to an aromatic ring is 1. The third-order valence-corrected chi connectivity index (χ3v) is 5.80. The summed E-state index contributed by atoms with van der Waals surface area (Å²) in [6, 6.07) is 5.60. The molecule has 3 amide bonds. The van der Waals surface area contributed by atoms with E-state index in [-0.39, 0.29) is 31.4 Å². The molecule has 1 aliphatic heterocycles. The average molecular weight is 478 g/mol. The summed E-state index contributed by atoms with van der Waals surface area (Å²) >= 11 is 6.51. The van der Waals surface area contributed by atoms with Gasteiger partial charge in [0.15, 0.2) is 0 Å². The first-order valence-electron chi connectivity index (χ1n) is 10.8.